The number of ether oxygens (including phenoxy) is 1. The van der Waals surface area contributed by atoms with E-state index in [0.29, 0.717) is 39.7 Å². The number of oxazole rings is 1. The predicted molar refractivity (Wildman–Crippen MR) is 124 cm³/mol. The Morgan fingerprint density at radius 3 is 2.22 bits per heavy atom. The molecule has 0 aliphatic heterocycles. The molecule has 0 unspecified atom stereocenters. The van der Waals surface area contributed by atoms with Crippen LogP contribution in [0.4, 0.5) is 0 Å². The first-order valence-electron chi connectivity index (χ1n) is 10.4. The second kappa shape index (κ2) is 8.19. The van der Waals surface area contributed by atoms with Gasteiger partial charge in [-0.1, -0.05) is 48.5 Å². The lowest BCUT2D eigenvalue weighted by Crippen LogP contribution is -2.07. The van der Waals surface area contributed by atoms with Crippen LogP contribution in [0.3, 0.4) is 0 Å². The van der Waals surface area contributed by atoms with Gasteiger partial charge in [-0.3, -0.25) is 4.79 Å². The molecule has 5 nitrogen and oxygen atoms in total. The highest BCUT2D eigenvalue weighted by molar-refractivity contribution is 5.83. The number of fused-ring (bicyclic) bond motifs is 1. The number of hydrogen-bond donors (Lipinski definition) is 0. The molecular formula is C27H21NO4. The maximum atomic E-state index is 13.1. The monoisotopic (exact) mass is 423 g/mol. The van der Waals surface area contributed by atoms with Crippen LogP contribution in [0.15, 0.2) is 92.5 Å². The van der Waals surface area contributed by atoms with Crippen LogP contribution in [0, 0.1) is 13.8 Å². The van der Waals surface area contributed by atoms with Crippen molar-refractivity contribution in [2.45, 2.75) is 20.5 Å². The van der Waals surface area contributed by atoms with Crippen molar-refractivity contribution in [2.24, 2.45) is 0 Å². The van der Waals surface area contributed by atoms with E-state index in [2.05, 4.69) is 4.98 Å². The van der Waals surface area contributed by atoms with Gasteiger partial charge in [-0.2, -0.15) is 0 Å². The van der Waals surface area contributed by atoms with Crippen molar-refractivity contribution in [2.75, 3.05) is 0 Å². The molecule has 0 radical (unpaired) electrons. The van der Waals surface area contributed by atoms with Crippen molar-refractivity contribution < 1.29 is 13.6 Å². The first-order chi connectivity index (χ1) is 15.6. The topological polar surface area (TPSA) is 65.5 Å². The maximum Gasteiger partial charge on any atom is 0.226 e. The molecule has 0 bridgehead atoms. The second-order valence-corrected chi connectivity index (χ2v) is 7.56. The van der Waals surface area contributed by atoms with E-state index in [1.807, 2.05) is 67.6 Å². The van der Waals surface area contributed by atoms with Crippen molar-refractivity contribution >= 4 is 11.0 Å². The third-order valence-electron chi connectivity index (χ3n) is 5.39. The van der Waals surface area contributed by atoms with Crippen molar-refractivity contribution in [3.63, 3.8) is 0 Å². The van der Waals surface area contributed by atoms with Crippen LogP contribution in [-0.4, -0.2) is 4.98 Å². The number of rotatable bonds is 5. The minimum Gasteiger partial charge on any atom is -0.487 e. The van der Waals surface area contributed by atoms with Gasteiger partial charge in [0.1, 0.15) is 35.2 Å². The van der Waals surface area contributed by atoms with Crippen LogP contribution in [-0.2, 0) is 6.61 Å². The van der Waals surface area contributed by atoms with E-state index in [1.165, 1.54) is 0 Å². The quantitative estimate of drug-likeness (QED) is 0.331. The zero-order valence-electron chi connectivity index (χ0n) is 17.8. The molecule has 0 spiro atoms. The summed E-state index contributed by atoms with van der Waals surface area (Å²) in [5.41, 5.74) is 3.50. The van der Waals surface area contributed by atoms with Gasteiger partial charge in [0.2, 0.25) is 11.3 Å². The third-order valence-corrected chi connectivity index (χ3v) is 5.39. The summed E-state index contributed by atoms with van der Waals surface area (Å²) in [7, 11) is 0. The maximum absolute atomic E-state index is 13.1. The van der Waals surface area contributed by atoms with Gasteiger partial charge in [0.15, 0.2) is 0 Å². The van der Waals surface area contributed by atoms with Gasteiger partial charge in [-0.15, -0.1) is 0 Å². The molecule has 0 N–H and O–H groups in total. The first kappa shape index (κ1) is 19.8. The second-order valence-electron chi connectivity index (χ2n) is 7.56. The van der Waals surface area contributed by atoms with E-state index in [1.54, 1.807) is 25.1 Å². The van der Waals surface area contributed by atoms with Crippen molar-refractivity contribution in [3.05, 3.63) is 106 Å². The zero-order valence-corrected chi connectivity index (χ0v) is 17.8. The van der Waals surface area contributed by atoms with Crippen LogP contribution in [0.25, 0.3) is 33.6 Å². The lowest BCUT2D eigenvalue weighted by Gasteiger charge is -2.09. The van der Waals surface area contributed by atoms with Gasteiger partial charge in [-0.05, 0) is 43.7 Å². The smallest absolute Gasteiger partial charge is 0.226 e. The van der Waals surface area contributed by atoms with E-state index >= 15 is 0 Å². The SMILES string of the molecule is Cc1oc(-c2ccccc2)nc1COc1ccc2c(=O)c(-c3ccccc3)c(C)oc2c1. The Kier molecular flexibility index (Phi) is 5.07. The normalized spacial score (nSPS) is 11.1. The summed E-state index contributed by atoms with van der Waals surface area (Å²) in [6, 6.07) is 24.6. The third kappa shape index (κ3) is 3.69. The summed E-state index contributed by atoms with van der Waals surface area (Å²) in [6.45, 7) is 3.92. The summed E-state index contributed by atoms with van der Waals surface area (Å²) in [5.74, 6) is 2.44. The Morgan fingerprint density at radius 1 is 0.812 bits per heavy atom. The summed E-state index contributed by atoms with van der Waals surface area (Å²) in [5, 5.41) is 0.519. The molecule has 0 aliphatic carbocycles. The van der Waals surface area contributed by atoms with Crippen molar-refractivity contribution in [1.29, 1.82) is 0 Å². The number of aryl methyl sites for hydroxylation is 2. The summed E-state index contributed by atoms with van der Waals surface area (Å²) in [4.78, 5) is 17.7. The molecular weight excluding hydrogens is 402 g/mol. The Hall–Kier alpha value is -4.12. The minimum atomic E-state index is -0.0543. The Morgan fingerprint density at radius 2 is 1.50 bits per heavy atom. The van der Waals surface area contributed by atoms with Crippen molar-refractivity contribution in [3.8, 4) is 28.3 Å². The van der Waals surface area contributed by atoms with Gasteiger partial charge in [0.05, 0.1) is 10.9 Å². The Labute approximate surface area is 184 Å². The molecule has 32 heavy (non-hydrogen) atoms. The summed E-state index contributed by atoms with van der Waals surface area (Å²) < 4.78 is 17.7. The van der Waals surface area contributed by atoms with Crippen LogP contribution in [0.1, 0.15) is 17.2 Å². The molecule has 0 atom stereocenters. The molecule has 158 valence electrons. The molecule has 5 rings (SSSR count). The molecule has 5 aromatic rings. The van der Waals surface area contributed by atoms with Crippen LogP contribution < -0.4 is 10.2 Å². The van der Waals surface area contributed by atoms with Crippen LogP contribution in [0.5, 0.6) is 5.75 Å². The number of hydrogen-bond acceptors (Lipinski definition) is 5. The van der Waals surface area contributed by atoms with Gasteiger partial charge < -0.3 is 13.6 Å². The van der Waals surface area contributed by atoms with Gasteiger partial charge >= 0.3 is 0 Å². The fourth-order valence-corrected chi connectivity index (χ4v) is 3.73. The minimum absolute atomic E-state index is 0.0543. The largest absolute Gasteiger partial charge is 0.487 e. The average Bonchev–Trinajstić information content (AvgIpc) is 3.19. The van der Waals surface area contributed by atoms with Gasteiger partial charge in [-0.25, -0.2) is 4.98 Å². The number of aromatic nitrogens is 1. The Bertz CT molecular complexity index is 1450. The Balaban J connectivity index is 1.42. The molecule has 0 saturated heterocycles. The highest BCUT2D eigenvalue weighted by atomic mass is 16.5. The average molecular weight is 423 g/mol. The highest BCUT2D eigenvalue weighted by Gasteiger charge is 2.15. The molecule has 5 heteroatoms. The van der Waals surface area contributed by atoms with Crippen LogP contribution in [0.2, 0.25) is 0 Å². The van der Waals surface area contributed by atoms with Gasteiger partial charge in [0, 0.05) is 11.6 Å². The summed E-state index contributed by atoms with van der Waals surface area (Å²) >= 11 is 0. The molecule has 0 amide bonds. The fourth-order valence-electron chi connectivity index (χ4n) is 3.73. The van der Waals surface area contributed by atoms with Crippen LogP contribution >= 0.6 is 0 Å². The van der Waals surface area contributed by atoms with E-state index in [4.69, 9.17) is 13.6 Å². The lowest BCUT2D eigenvalue weighted by atomic mass is 10.0. The predicted octanol–water partition coefficient (Wildman–Crippen LogP) is 6.31. The number of benzene rings is 3. The molecule has 2 heterocycles. The zero-order chi connectivity index (χ0) is 22.1. The number of nitrogens with zero attached hydrogens (tertiary/aromatic N) is 1. The van der Waals surface area contributed by atoms with Gasteiger partial charge in [0.25, 0.3) is 0 Å². The van der Waals surface area contributed by atoms with E-state index in [0.717, 1.165) is 16.8 Å². The van der Waals surface area contributed by atoms with Crippen molar-refractivity contribution in [1.82, 2.24) is 4.98 Å². The standard InChI is InChI=1S/C27H21NO4/c1-17-23(28-27(32-17)20-11-7-4-8-12-20)16-30-21-13-14-22-24(15-21)31-18(2)25(26(22)29)19-9-5-3-6-10-19/h3-15H,16H2,1-2H3. The molecule has 0 aliphatic rings. The van der Waals surface area contributed by atoms with E-state index in [9.17, 15) is 4.79 Å². The fraction of sp³-hybridized carbons (Fsp3) is 0.111. The summed E-state index contributed by atoms with van der Waals surface area (Å²) in [6.07, 6.45) is 0. The first-order valence-corrected chi connectivity index (χ1v) is 10.4. The molecule has 3 aromatic carbocycles. The molecule has 0 saturated carbocycles. The lowest BCUT2D eigenvalue weighted by molar-refractivity contribution is 0.299. The highest BCUT2D eigenvalue weighted by Crippen LogP contribution is 2.27. The van der Waals surface area contributed by atoms with E-state index < -0.39 is 0 Å². The molecule has 2 aromatic heterocycles. The molecule has 0 fully saturated rings. The van der Waals surface area contributed by atoms with E-state index in [-0.39, 0.29) is 12.0 Å².